The number of aliphatic hydroxyl groups excluding tert-OH is 1. The average molecular weight is 265 g/mol. The highest BCUT2D eigenvalue weighted by atomic mass is 19.1. The SMILES string of the molecule is CC(C)C(O)CNC1CCCC1c1ccc(F)cc1. The van der Waals surface area contributed by atoms with E-state index in [1.54, 1.807) is 0 Å². The minimum absolute atomic E-state index is 0.179. The fraction of sp³-hybridized carbons (Fsp3) is 0.625. The summed E-state index contributed by atoms with van der Waals surface area (Å²) in [4.78, 5) is 0. The first-order valence-corrected chi connectivity index (χ1v) is 7.25. The van der Waals surface area contributed by atoms with Gasteiger partial charge in [0.05, 0.1) is 6.10 Å². The molecule has 1 aromatic carbocycles. The van der Waals surface area contributed by atoms with Crippen LogP contribution in [0.1, 0.15) is 44.6 Å². The minimum Gasteiger partial charge on any atom is -0.392 e. The third kappa shape index (κ3) is 3.77. The summed E-state index contributed by atoms with van der Waals surface area (Å²) in [7, 11) is 0. The first-order valence-electron chi connectivity index (χ1n) is 7.25. The van der Waals surface area contributed by atoms with Crippen molar-refractivity contribution in [2.75, 3.05) is 6.54 Å². The molecule has 2 nitrogen and oxygen atoms in total. The smallest absolute Gasteiger partial charge is 0.123 e. The van der Waals surface area contributed by atoms with E-state index in [4.69, 9.17) is 0 Å². The summed E-state index contributed by atoms with van der Waals surface area (Å²) < 4.78 is 13.0. The number of aliphatic hydroxyl groups is 1. The van der Waals surface area contributed by atoms with Crippen molar-refractivity contribution in [2.45, 2.75) is 51.2 Å². The summed E-state index contributed by atoms with van der Waals surface area (Å²) in [6.07, 6.45) is 3.17. The van der Waals surface area contributed by atoms with Gasteiger partial charge in [0.25, 0.3) is 0 Å². The van der Waals surface area contributed by atoms with E-state index in [1.165, 1.54) is 24.1 Å². The minimum atomic E-state index is -0.297. The van der Waals surface area contributed by atoms with Gasteiger partial charge < -0.3 is 10.4 Å². The van der Waals surface area contributed by atoms with Crippen molar-refractivity contribution in [1.82, 2.24) is 5.32 Å². The van der Waals surface area contributed by atoms with Gasteiger partial charge in [-0.15, -0.1) is 0 Å². The fourth-order valence-corrected chi connectivity index (χ4v) is 2.82. The second-order valence-electron chi connectivity index (χ2n) is 5.92. The lowest BCUT2D eigenvalue weighted by Gasteiger charge is -2.24. The molecule has 3 atom stereocenters. The quantitative estimate of drug-likeness (QED) is 0.857. The second-order valence-corrected chi connectivity index (χ2v) is 5.92. The lowest BCUT2D eigenvalue weighted by atomic mass is 9.93. The standard InChI is InChI=1S/C16H24FNO/c1-11(2)16(19)10-18-15-5-3-4-14(15)12-6-8-13(17)9-7-12/h6-9,11,14-16,18-19H,3-5,10H2,1-2H3. The zero-order valence-electron chi connectivity index (χ0n) is 11.8. The predicted octanol–water partition coefficient (Wildman–Crippen LogP) is 3.07. The zero-order chi connectivity index (χ0) is 13.8. The molecule has 0 radical (unpaired) electrons. The van der Waals surface area contributed by atoms with Crippen LogP contribution < -0.4 is 5.32 Å². The highest BCUT2D eigenvalue weighted by molar-refractivity contribution is 5.23. The molecule has 1 saturated carbocycles. The largest absolute Gasteiger partial charge is 0.392 e. The van der Waals surface area contributed by atoms with Gasteiger partial charge in [-0.05, 0) is 42.4 Å². The molecule has 3 heteroatoms. The van der Waals surface area contributed by atoms with E-state index in [0.717, 1.165) is 12.8 Å². The van der Waals surface area contributed by atoms with Gasteiger partial charge in [0, 0.05) is 12.6 Å². The lowest BCUT2D eigenvalue weighted by molar-refractivity contribution is 0.119. The van der Waals surface area contributed by atoms with Crippen LogP contribution in [0.25, 0.3) is 0 Å². The predicted molar refractivity (Wildman–Crippen MR) is 75.6 cm³/mol. The molecule has 1 aliphatic rings. The van der Waals surface area contributed by atoms with Crippen LogP contribution in [0.2, 0.25) is 0 Å². The number of hydrogen-bond donors (Lipinski definition) is 2. The van der Waals surface area contributed by atoms with E-state index >= 15 is 0 Å². The third-order valence-electron chi connectivity index (χ3n) is 4.17. The van der Waals surface area contributed by atoms with Crippen molar-refractivity contribution in [2.24, 2.45) is 5.92 Å². The molecule has 0 bridgehead atoms. The van der Waals surface area contributed by atoms with Gasteiger partial charge in [0.15, 0.2) is 0 Å². The Bertz CT molecular complexity index is 390. The van der Waals surface area contributed by atoms with E-state index < -0.39 is 0 Å². The van der Waals surface area contributed by atoms with Gasteiger partial charge in [-0.25, -0.2) is 4.39 Å². The number of hydrogen-bond acceptors (Lipinski definition) is 2. The van der Waals surface area contributed by atoms with Crippen LogP contribution in [0.5, 0.6) is 0 Å². The van der Waals surface area contributed by atoms with Crippen LogP contribution in [0, 0.1) is 11.7 Å². The first-order chi connectivity index (χ1) is 9.08. The maximum Gasteiger partial charge on any atom is 0.123 e. The molecule has 0 saturated heterocycles. The van der Waals surface area contributed by atoms with Crippen molar-refractivity contribution >= 4 is 0 Å². The maximum atomic E-state index is 13.0. The van der Waals surface area contributed by atoms with Crippen molar-refractivity contribution < 1.29 is 9.50 Å². The van der Waals surface area contributed by atoms with Gasteiger partial charge in [0.2, 0.25) is 0 Å². The highest BCUT2D eigenvalue weighted by Crippen LogP contribution is 2.34. The molecule has 2 N–H and O–H groups in total. The van der Waals surface area contributed by atoms with Crippen LogP contribution in [-0.4, -0.2) is 23.8 Å². The van der Waals surface area contributed by atoms with E-state index in [2.05, 4.69) is 5.32 Å². The van der Waals surface area contributed by atoms with Crippen molar-refractivity contribution in [1.29, 1.82) is 0 Å². The molecule has 1 aliphatic carbocycles. The van der Waals surface area contributed by atoms with E-state index in [9.17, 15) is 9.50 Å². The van der Waals surface area contributed by atoms with Crippen molar-refractivity contribution in [3.8, 4) is 0 Å². The van der Waals surface area contributed by atoms with E-state index in [-0.39, 0.29) is 17.8 Å². The molecular weight excluding hydrogens is 241 g/mol. The number of halogens is 1. The van der Waals surface area contributed by atoms with Gasteiger partial charge in [0.1, 0.15) is 5.82 Å². The molecule has 0 amide bonds. The fourth-order valence-electron chi connectivity index (χ4n) is 2.82. The monoisotopic (exact) mass is 265 g/mol. The lowest BCUT2D eigenvalue weighted by Crippen LogP contribution is -2.38. The molecule has 0 spiro atoms. The molecule has 19 heavy (non-hydrogen) atoms. The maximum absolute atomic E-state index is 13.0. The van der Waals surface area contributed by atoms with E-state index in [1.807, 2.05) is 26.0 Å². The van der Waals surface area contributed by atoms with Gasteiger partial charge in [-0.1, -0.05) is 32.4 Å². The summed E-state index contributed by atoms with van der Waals surface area (Å²) in [6.45, 7) is 4.69. The topological polar surface area (TPSA) is 32.3 Å². The Balaban J connectivity index is 1.95. The van der Waals surface area contributed by atoms with Gasteiger partial charge >= 0.3 is 0 Å². The Morgan fingerprint density at radius 2 is 1.95 bits per heavy atom. The third-order valence-corrected chi connectivity index (χ3v) is 4.17. The molecule has 3 unspecified atom stereocenters. The van der Waals surface area contributed by atoms with Gasteiger partial charge in [-0.3, -0.25) is 0 Å². The Kier molecular flexibility index (Phi) is 4.94. The molecule has 1 aromatic rings. The molecule has 2 rings (SSSR count). The Labute approximate surface area is 115 Å². The molecule has 0 aliphatic heterocycles. The van der Waals surface area contributed by atoms with Crippen LogP contribution >= 0.6 is 0 Å². The van der Waals surface area contributed by atoms with Crippen LogP contribution in [-0.2, 0) is 0 Å². The van der Waals surface area contributed by atoms with Crippen molar-refractivity contribution in [3.05, 3.63) is 35.6 Å². The summed E-state index contributed by atoms with van der Waals surface area (Å²) in [5.41, 5.74) is 1.20. The molecular formula is C16H24FNO. The Morgan fingerprint density at radius 1 is 1.26 bits per heavy atom. The highest BCUT2D eigenvalue weighted by Gasteiger charge is 2.28. The molecule has 106 valence electrons. The molecule has 0 aromatic heterocycles. The Morgan fingerprint density at radius 3 is 2.58 bits per heavy atom. The number of benzene rings is 1. The molecule has 0 heterocycles. The van der Waals surface area contributed by atoms with Crippen LogP contribution in [0.15, 0.2) is 24.3 Å². The Hall–Kier alpha value is -0.930. The summed E-state index contributed by atoms with van der Waals surface area (Å²) in [5, 5.41) is 13.4. The second kappa shape index (κ2) is 6.49. The summed E-state index contributed by atoms with van der Waals surface area (Å²) >= 11 is 0. The van der Waals surface area contributed by atoms with E-state index in [0.29, 0.717) is 18.5 Å². The molecule has 1 fully saturated rings. The number of rotatable bonds is 5. The van der Waals surface area contributed by atoms with Gasteiger partial charge in [-0.2, -0.15) is 0 Å². The zero-order valence-corrected chi connectivity index (χ0v) is 11.8. The first kappa shape index (κ1) is 14.5. The number of nitrogens with one attached hydrogen (secondary N) is 1. The van der Waals surface area contributed by atoms with Crippen LogP contribution in [0.4, 0.5) is 4.39 Å². The normalized spacial score (nSPS) is 24.9. The van der Waals surface area contributed by atoms with Crippen molar-refractivity contribution in [3.63, 3.8) is 0 Å². The average Bonchev–Trinajstić information content (AvgIpc) is 2.85. The summed E-state index contributed by atoms with van der Waals surface area (Å²) in [6, 6.07) is 7.25. The van der Waals surface area contributed by atoms with Crippen LogP contribution in [0.3, 0.4) is 0 Å². The summed E-state index contributed by atoms with van der Waals surface area (Å²) in [5.74, 6) is 0.541.